The Balaban J connectivity index is 2.23. The Morgan fingerprint density at radius 2 is 2.06 bits per heavy atom. The molecule has 0 radical (unpaired) electrons. The van der Waals surface area contributed by atoms with E-state index in [2.05, 4.69) is 0 Å². The van der Waals surface area contributed by atoms with Crippen molar-refractivity contribution in [1.29, 1.82) is 0 Å². The molecule has 1 aromatic carbocycles. The van der Waals surface area contributed by atoms with Crippen molar-refractivity contribution in [3.05, 3.63) is 32.4 Å². The Bertz CT molecular complexity index is 424. The first-order valence-corrected chi connectivity index (χ1v) is 5.97. The molecule has 1 heterocycles. The zero-order valence-corrected chi connectivity index (χ0v) is 10.9. The number of amides is 1. The lowest BCUT2D eigenvalue weighted by Gasteiger charge is -2.38. The molecule has 1 amide bonds. The van der Waals surface area contributed by atoms with Crippen LogP contribution in [0.3, 0.4) is 0 Å². The number of carbonyl (C=O) groups excluding carboxylic acids is 1. The maximum Gasteiger partial charge on any atom is 0.282 e. The van der Waals surface area contributed by atoms with Crippen LogP contribution in [0.2, 0.25) is 5.02 Å². The van der Waals surface area contributed by atoms with Crippen LogP contribution in [-0.4, -0.2) is 29.8 Å². The fourth-order valence-corrected chi connectivity index (χ4v) is 2.66. The highest BCUT2D eigenvalue weighted by molar-refractivity contribution is 14.1. The standard InChI is InChI=1S/C10H7ClF2INO/c11-6-2-1-3-7(14)8(6)9(16)15-4-10(12,13)5-15/h1-3H,4-5H2. The SMILES string of the molecule is O=C(c1c(Cl)cccc1I)N1CC(F)(F)C1. The lowest BCUT2D eigenvalue weighted by Crippen LogP contribution is -2.58. The van der Waals surface area contributed by atoms with Crippen molar-refractivity contribution in [1.82, 2.24) is 4.90 Å². The van der Waals surface area contributed by atoms with Crippen LogP contribution in [0, 0.1) is 3.57 Å². The molecule has 2 rings (SSSR count). The predicted octanol–water partition coefficient (Wildman–Crippen LogP) is 3.04. The Hall–Kier alpha value is -0.430. The molecular weight excluding hydrogens is 350 g/mol. The lowest BCUT2D eigenvalue weighted by atomic mass is 10.1. The number of carbonyl (C=O) groups is 1. The van der Waals surface area contributed by atoms with Gasteiger partial charge in [0, 0.05) is 3.57 Å². The summed E-state index contributed by atoms with van der Waals surface area (Å²) in [6, 6.07) is 5.01. The van der Waals surface area contributed by atoms with Crippen LogP contribution in [0.5, 0.6) is 0 Å². The number of alkyl halides is 2. The molecular formula is C10H7ClF2INO. The summed E-state index contributed by atoms with van der Waals surface area (Å²) in [6.07, 6.45) is 0. The van der Waals surface area contributed by atoms with E-state index in [4.69, 9.17) is 11.6 Å². The number of halogens is 4. The second kappa shape index (κ2) is 4.10. The minimum Gasteiger partial charge on any atom is -0.326 e. The van der Waals surface area contributed by atoms with Gasteiger partial charge in [-0.05, 0) is 34.7 Å². The molecule has 86 valence electrons. The number of hydrogen-bond donors (Lipinski definition) is 0. The Morgan fingerprint density at radius 1 is 1.44 bits per heavy atom. The summed E-state index contributed by atoms with van der Waals surface area (Å²) in [5.41, 5.74) is 0.306. The van der Waals surface area contributed by atoms with E-state index in [1.54, 1.807) is 18.2 Å². The molecule has 1 aromatic rings. The molecule has 1 aliphatic heterocycles. The summed E-state index contributed by atoms with van der Waals surface area (Å²) in [5, 5.41) is 0.298. The third kappa shape index (κ3) is 2.15. The van der Waals surface area contributed by atoms with E-state index in [1.807, 2.05) is 22.6 Å². The Kier molecular flexibility index (Phi) is 3.09. The van der Waals surface area contributed by atoms with E-state index in [-0.39, 0.29) is 0 Å². The lowest BCUT2D eigenvalue weighted by molar-refractivity contribution is -0.113. The van der Waals surface area contributed by atoms with Crippen LogP contribution in [0.4, 0.5) is 8.78 Å². The van der Waals surface area contributed by atoms with E-state index in [0.29, 0.717) is 14.2 Å². The molecule has 16 heavy (non-hydrogen) atoms. The van der Waals surface area contributed by atoms with Crippen molar-refractivity contribution in [3.63, 3.8) is 0 Å². The van der Waals surface area contributed by atoms with Crippen molar-refractivity contribution in [3.8, 4) is 0 Å². The number of likely N-dealkylation sites (tertiary alicyclic amines) is 1. The van der Waals surface area contributed by atoms with E-state index < -0.39 is 24.9 Å². The average Bonchev–Trinajstić information content (AvgIpc) is 2.13. The van der Waals surface area contributed by atoms with Crippen molar-refractivity contribution in [2.24, 2.45) is 0 Å². The number of hydrogen-bond acceptors (Lipinski definition) is 1. The van der Waals surface area contributed by atoms with Gasteiger partial charge < -0.3 is 4.90 Å². The zero-order chi connectivity index (χ0) is 11.9. The predicted molar refractivity (Wildman–Crippen MR) is 65.0 cm³/mol. The molecule has 0 saturated carbocycles. The fourth-order valence-electron chi connectivity index (χ4n) is 1.52. The van der Waals surface area contributed by atoms with Crippen LogP contribution < -0.4 is 0 Å². The molecule has 0 aromatic heterocycles. The molecule has 6 heteroatoms. The van der Waals surface area contributed by atoms with E-state index in [1.165, 1.54) is 0 Å². The fraction of sp³-hybridized carbons (Fsp3) is 0.300. The van der Waals surface area contributed by atoms with Gasteiger partial charge in [-0.15, -0.1) is 0 Å². The molecule has 0 aliphatic carbocycles. The Morgan fingerprint density at radius 3 is 2.56 bits per heavy atom. The van der Waals surface area contributed by atoms with Crippen LogP contribution in [0.25, 0.3) is 0 Å². The summed E-state index contributed by atoms with van der Waals surface area (Å²) < 4.78 is 25.9. The van der Waals surface area contributed by atoms with Crippen LogP contribution >= 0.6 is 34.2 Å². The van der Waals surface area contributed by atoms with Gasteiger partial charge in [-0.1, -0.05) is 17.7 Å². The van der Waals surface area contributed by atoms with Crippen molar-refractivity contribution in [2.45, 2.75) is 5.92 Å². The summed E-state index contributed by atoms with van der Waals surface area (Å²) >= 11 is 7.85. The summed E-state index contributed by atoms with van der Waals surface area (Å²) in [7, 11) is 0. The minimum atomic E-state index is -2.75. The minimum absolute atomic E-state index is 0.298. The maximum atomic E-state index is 12.6. The average molecular weight is 358 g/mol. The van der Waals surface area contributed by atoms with Gasteiger partial charge in [-0.2, -0.15) is 0 Å². The maximum absolute atomic E-state index is 12.6. The van der Waals surface area contributed by atoms with Gasteiger partial charge in [-0.25, -0.2) is 8.78 Å². The number of rotatable bonds is 1. The second-order valence-corrected chi connectivity index (χ2v) is 5.18. The summed E-state index contributed by atoms with van der Waals surface area (Å²) in [6.45, 7) is -1.04. The van der Waals surface area contributed by atoms with Gasteiger partial charge in [0.2, 0.25) is 0 Å². The molecule has 1 saturated heterocycles. The topological polar surface area (TPSA) is 20.3 Å². The van der Waals surface area contributed by atoms with Gasteiger partial charge in [0.15, 0.2) is 0 Å². The van der Waals surface area contributed by atoms with Crippen molar-refractivity contribution < 1.29 is 13.6 Å². The molecule has 2 nitrogen and oxygen atoms in total. The first-order valence-electron chi connectivity index (χ1n) is 4.52. The zero-order valence-electron chi connectivity index (χ0n) is 8.01. The van der Waals surface area contributed by atoms with Gasteiger partial charge >= 0.3 is 0 Å². The third-order valence-electron chi connectivity index (χ3n) is 2.31. The van der Waals surface area contributed by atoms with E-state index >= 15 is 0 Å². The van der Waals surface area contributed by atoms with Gasteiger partial charge in [-0.3, -0.25) is 4.79 Å². The van der Waals surface area contributed by atoms with Crippen LogP contribution in [-0.2, 0) is 0 Å². The number of nitrogens with zero attached hydrogens (tertiary/aromatic N) is 1. The molecule has 1 fully saturated rings. The highest BCUT2D eigenvalue weighted by atomic mass is 127. The normalized spacial score (nSPS) is 18.1. The van der Waals surface area contributed by atoms with Gasteiger partial charge in [0.05, 0.1) is 23.7 Å². The van der Waals surface area contributed by atoms with Crippen molar-refractivity contribution >= 4 is 40.1 Å². The quantitative estimate of drug-likeness (QED) is 0.708. The monoisotopic (exact) mass is 357 g/mol. The largest absolute Gasteiger partial charge is 0.326 e. The van der Waals surface area contributed by atoms with Crippen molar-refractivity contribution in [2.75, 3.05) is 13.1 Å². The van der Waals surface area contributed by atoms with Gasteiger partial charge in [0.1, 0.15) is 0 Å². The summed E-state index contributed by atoms with van der Waals surface area (Å²) in [4.78, 5) is 13.0. The molecule has 0 atom stereocenters. The third-order valence-corrected chi connectivity index (χ3v) is 3.52. The van der Waals surface area contributed by atoms with Crippen LogP contribution in [0.1, 0.15) is 10.4 Å². The van der Waals surface area contributed by atoms with E-state index in [9.17, 15) is 13.6 Å². The highest BCUT2D eigenvalue weighted by Gasteiger charge is 2.46. The van der Waals surface area contributed by atoms with Crippen LogP contribution in [0.15, 0.2) is 18.2 Å². The Labute approximate surface area is 110 Å². The summed E-state index contributed by atoms with van der Waals surface area (Å²) in [5.74, 6) is -3.18. The first-order chi connectivity index (χ1) is 7.41. The molecule has 0 spiro atoms. The molecule has 1 aliphatic rings. The second-order valence-electron chi connectivity index (χ2n) is 3.61. The smallest absolute Gasteiger partial charge is 0.282 e. The van der Waals surface area contributed by atoms with Gasteiger partial charge in [0.25, 0.3) is 11.8 Å². The molecule has 0 bridgehead atoms. The molecule has 0 unspecified atom stereocenters. The molecule has 0 N–H and O–H groups in total. The highest BCUT2D eigenvalue weighted by Crippen LogP contribution is 2.31. The first kappa shape index (κ1) is 12.0. The number of benzene rings is 1. The van der Waals surface area contributed by atoms with E-state index in [0.717, 1.165) is 4.90 Å².